The van der Waals surface area contributed by atoms with Gasteiger partial charge in [0, 0.05) is 25.1 Å². The number of aromatic nitrogens is 2. The Morgan fingerprint density at radius 3 is 2.79 bits per heavy atom. The first-order chi connectivity index (χ1) is 11.4. The fraction of sp³-hybridized carbons (Fsp3) is 0.294. The van der Waals surface area contributed by atoms with Crippen molar-refractivity contribution in [3.63, 3.8) is 0 Å². The van der Waals surface area contributed by atoms with E-state index in [1.807, 2.05) is 6.92 Å². The van der Waals surface area contributed by atoms with Gasteiger partial charge in [0.05, 0.1) is 15.7 Å². The second kappa shape index (κ2) is 6.32. The van der Waals surface area contributed by atoms with E-state index in [0.717, 1.165) is 30.2 Å². The molecule has 0 amide bonds. The maximum Gasteiger partial charge on any atom is 0.328 e. The third kappa shape index (κ3) is 3.31. The monoisotopic (exact) mass is 392 g/mol. The van der Waals surface area contributed by atoms with Gasteiger partial charge in [-0.05, 0) is 53.4 Å². The van der Waals surface area contributed by atoms with Gasteiger partial charge in [0.2, 0.25) is 5.88 Å². The highest BCUT2D eigenvalue weighted by Crippen LogP contribution is 2.44. The zero-order chi connectivity index (χ0) is 17.4. The molecule has 1 aliphatic rings. The third-order valence-corrected chi connectivity index (χ3v) is 4.50. The molecule has 0 spiro atoms. The Kier molecular flexibility index (Phi) is 4.36. The topological polar surface area (TPSA) is 84.6 Å². The van der Waals surface area contributed by atoms with Crippen molar-refractivity contribution in [2.75, 3.05) is 0 Å². The Bertz CT molecular complexity index is 838. The molecule has 3 rings (SSSR count). The van der Waals surface area contributed by atoms with Gasteiger partial charge in [0.15, 0.2) is 0 Å². The number of carbonyl (C=O) groups is 1. The average Bonchev–Trinajstić information content (AvgIpc) is 3.29. The fourth-order valence-corrected chi connectivity index (χ4v) is 2.95. The molecular weight excluding hydrogens is 376 g/mol. The van der Waals surface area contributed by atoms with E-state index in [4.69, 9.17) is 9.84 Å². The van der Waals surface area contributed by atoms with E-state index in [-0.39, 0.29) is 5.75 Å². The van der Waals surface area contributed by atoms with Crippen molar-refractivity contribution in [1.29, 1.82) is 0 Å². The standard InChI is InChI=1S/C17H17BrN2O4/c1-9-7-12(18)13(21)8-14(9)24-17-11(5-6-15(22)23)16(10-3-4-10)19-20(17)2/h5-8,10,21H,3-4H2,1-2H3,(H,22,23). The Balaban J connectivity index is 2.04. The summed E-state index contributed by atoms with van der Waals surface area (Å²) in [6.45, 7) is 1.87. The Morgan fingerprint density at radius 1 is 1.46 bits per heavy atom. The molecule has 0 radical (unpaired) electrons. The maximum atomic E-state index is 10.9. The third-order valence-electron chi connectivity index (χ3n) is 3.87. The van der Waals surface area contributed by atoms with Crippen molar-refractivity contribution < 1.29 is 19.7 Å². The normalized spacial score (nSPS) is 14.3. The number of benzene rings is 1. The van der Waals surface area contributed by atoms with Crippen LogP contribution in [0.3, 0.4) is 0 Å². The van der Waals surface area contributed by atoms with Gasteiger partial charge in [-0.1, -0.05) is 0 Å². The molecule has 2 N–H and O–H groups in total. The predicted octanol–water partition coefficient (Wildman–Crippen LogP) is 3.96. The molecule has 2 aromatic rings. The molecule has 24 heavy (non-hydrogen) atoms. The van der Waals surface area contributed by atoms with Gasteiger partial charge in [-0.3, -0.25) is 0 Å². The second-order valence-corrected chi connectivity index (χ2v) is 6.70. The van der Waals surface area contributed by atoms with Gasteiger partial charge in [-0.15, -0.1) is 0 Å². The molecule has 126 valence electrons. The van der Waals surface area contributed by atoms with Gasteiger partial charge in [0.1, 0.15) is 11.5 Å². The maximum absolute atomic E-state index is 10.9. The lowest BCUT2D eigenvalue weighted by atomic mass is 10.1. The minimum Gasteiger partial charge on any atom is -0.507 e. The van der Waals surface area contributed by atoms with Crippen LogP contribution in [0.2, 0.25) is 0 Å². The number of phenols is 1. The van der Waals surface area contributed by atoms with Crippen LogP contribution in [0.5, 0.6) is 17.4 Å². The molecule has 6 nitrogen and oxygen atoms in total. The van der Waals surface area contributed by atoms with Crippen molar-refractivity contribution in [2.45, 2.75) is 25.7 Å². The first kappa shape index (κ1) is 16.6. The van der Waals surface area contributed by atoms with E-state index in [2.05, 4.69) is 21.0 Å². The summed E-state index contributed by atoms with van der Waals surface area (Å²) in [5, 5.41) is 23.3. The van der Waals surface area contributed by atoms with Crippen molar-refractivity contribution in [2.24, 2.45) is 7.05 Å². The Hall–Kier alpha value is -2.28. The van der Waals surface area contributed by atoms with Crippen LogP contribution >= 0.6 is 15.9 Å². The Morgan fingerprint density at radius 2 is 2.17 bits per heavy atom. The number of nitrogens with zero attached hydrogens (tertiary/aromatic N) is 2. The SMILES string of the molecule is Cc1cc(Br)c(O)cc1Oc1c(C=CC(=O)O)c(C2CC2)nn1C. The number of aliphatic carboxylic acids is 1. The second-order valence-electron chi connectivity index (χ2n) is 5.84. The van der Waals surface area contributed by atoms with E-state index in [1.54, 1.807) is 17.8 Å². The minimum absolute atomic E-state index is 0.0720. The van der Waals surface area contributed by atoms with Gasteiger partial charge < -0.3 is 14.9 Å². The molecule has 1 aromatic carbocycles. The molecule has 0 saturated heterocycles. The van der Waals surface area contributed by atoms with Crippen LogP contribution in [-0.2, 0) is 11.8 Å². The van der Waals surface area contributed by atoms with E-state index in [1.165, 1.54) is 12.1 Å². The van der Waals surface area contributed by atoms with Gasteiger partial charge in [-0.25, -0.2) is 9.48 Å². The van der Waals surface area contributed by atoms with Crippen LogP contribution in [0.15, 0.2) is 22.7 Å². The number of hydrogen-bond acceptors (Lipinski definition) is 4. The van der Waals surface area contributed by atoms with Crippen LogP contribution in [0.4, 0.5) is 0 Å². The van der Waals surface area contributed by atoms with Crippen molar-refractivity contribution in [3.8, 4) is 17.4 Å². The van der Waals surface area contributed by atoms with E-state index in [9.17, 15) is 9.90 Å². The molecule has 1 aromatic heterocycles. The lowest BCUT2D eigenvalue weighted by molar-refractivity contribution is -0.131. The highest BCUT2D eigenvalue weighted by molar-refractivity contribution is 9.10. The van der Waals surface area contributed by atoms with Crippen LogP contribution in [-0.4, -0.2) is 26.0 Å². The largest absolute Gasteiger partial charge is 0.507 e. The van der Waals surface area contributed by atoms with Gasteiger partial charge in [-0.2, -0.15) is 5.10 Å². The van der Waals surface area contributed by atoms with E-state index < -0.39 is 5.97 Å². The number of rotatable bonds is 5. The van der Waals surface area contributed by atoms with Crippen LogP contribution < -0.4 is 4.74 Å². The number of phenolic OH excluding ortho intramolecular Hbond substituents is 1. The highest BCUT2D eigenvalue weighted by atomic mass is 79.9. The van der Waals surface area contributed by atoms with Gasteiger partial charge in [0.25, 0.3) is 0 Å². The molecule has 0 unspecified atom stereocenters. The molecular formula is C17H17BrN2O4. The molecule has 0 bridgehead atoms. The lowest BCUT2D eigenvalue weighted by Crippen LogP contribution is -1.97. The smallest absolute Gasteiger partial charge is 0.328 e. The molecule has 7 heteroatoms. The molecule has 1 fully saturated rings. The Labute approximate surface area is 147 Å². The summed E-state index contributed by atoms with van der Waals surface area (Å²) in [4.78, 5) is 10.9. The number of halogens is 1. The average molecular weight is 393 g/mol. The fourth-order valence-electron chi connectivity index (χ4n) is 2.49. The quantitative estimate of drug-likeness (QED) is 0.752. The summed E-state index contributed by atoms with van der Waals surface area (Å²) in [6, 6.07) is 3.28. The minimum atomic E-state index is -1.02. The highest BCUT2D eigenvalue weighted by Gasteiger charge is 2.31. The zero-order valence-electron chi connectivity index (χ0n) is 13.3. The first-order valence-electron chi connectivity index (χ1n) is 7.51. The summed E-state index contributed by atoms with van der Waals surface area (Å²) in [5.41, 5.74) is 2.36. The van der Waals surface area contributed by atoms with Crippen molar-refractivity contribution in [3.05, 3.63) is 39.5 Å². The molecule has 1 saturated carbocycles. The molecule has 0 atom stereocenters. The number of carboxylic acid groups (broad SMARTS) is 1. The summed E-state index contributed by atoms with van der Waals surface area (Å²) in [6.07, 6.45) is 4.69. The molecule has 0 aliphatic heterocycles. The van der Waals surface area contributed by atoms with Crippen LogP contribution in [0.25, 0.3) is 6.08 Å². The van der Waals surface area contributed by atoms with E-state index >= 15 is 0 Å². The zero-order valence-corrected chi connectivity index (χ0v) is 14.9. The summed E-state index contributed by atoms with van der Waals surface area (Å²) in [7, 11) is 1.76. The number of aryl methyl sites for hydroxylation is 2. The van der Waals surface area contributed by atoms with E-state index in [0.29, 0.717) is 27.6 Å². The summed E-state index contributed by atoms with van der Waals surface area (Å²) >= 11 is 3.27. The number of carboxylic acids is 1. The van der Waals surface area contributed by atoms with Crippen LogP contribution in [0, 0.1) is 6.92 Å². The number of ether oxygens (including phenoxy) is 1. The molecule has 1 aliphatic carbocycles. The first-order valence-corrected chi connectivity index (χ1v) is 8.31. The van der Waals surface area contributed by atoms with Gasteiger partial charge >= 0.3 is 5.97 Å². The number of hydrogen-bond donors (Lipinski definition) is 2. The van der Waals surface area contributed by atoms with Crippen LogP contribution in [0.1, 0.15) is 35.6 Å². The molecule has 1 heterocycles. The van der Waals surface area contributed by atoms with Crippen molar-refractivity contribution in [1.82, 2.24) is 9.78 Å². The summed E-state index contributed by atoms with van der Waals surface area (Å²) < 4.78 is 8.16. The lowest BCUT2D eigenvalue weighted by Gasteiger charge is -2.11. The summed E-state index contributed by atoms with van der Waals surface area (Å²) in [5.74, 6) is 0.346. The van der Waals surface area contributed by atoms with Crippen molar-refractivity contribution >= 4 is 28.0 Å². The number of aromatic hydroxyl groups is 1. The predicted molar refractivity (Wildman–Crippen MR) is 92.5 cm³/mol.